The van der Waals surface area contributed by atoms with Gasteiger partial charge in [0.15, 0.2) is 0 Å². The van der Waals surface area contributed by atoms with Crippen LogP contribution in [0.15, 0.2) is 24.3 Å². The van der Waals surface area contributed by atoms with E-state index in [0.29, 0.717) is 18.2 Å². The molecule has 0 aliphatic heterocycles. The fourth-order valence-electron chi connectivity index (χ4n) is 1.56. The Bertz CT molecular complexity index is 427. The third-order valence-corrected chi connectivity index (χ3v) is 2.58. The average molecular weight is 288 g/mol. The summed E-state index contributed by atoms with van der Waals surface area (Å²) in [5, 5.41) is 5.68. The van der Waals surface area contributed by atoms with Crippen LogP contribution in [0.5, 0.6) is 0 Å². The minimum Gasteiger partial charge on any atom is -0.326 e. The molecule has 0 bridgehead atoms. The Labute approximate surface area is 116 Å². The predicted octanol–water partition coefficient (Wildman–Crippen LogP) is 3.28. The van der Waals surface area contributed by atoms with Gasteiger partial charge in [0, 0.05) is 18.7 Å². The van der Waals surface area contributed by atoms with E-state index in [4.69, 9.17) is 0 Å². The Balaban J connectivity index is 2.39. The van der Waals surface area contributed by atoms with Crippen molar-refractivity contribution >= 4 is 11.6 Å². The molecule has 1 aromatic carbocycles. The maximum atomic E-state index is 12.4. The van der Waals surface area contributed by atoms with Crippen molar-refractivity contribution in [3.8, 4) is 0 Å². The molecule has 0 heterocycles. The largest absolute Gasteiger partial charge is 0.416 e. The number of anilines is 1. The number of amides is 1. The van der Waals surface area contributed by atoms with Crippen molar-refractivity contribution in [2.24, 2.45) is 5.92 Å². The molecule has 3 nitrogen and oxygen atoms in total. The van der Waals surface area contributed by atoms with E-state index in [9.17, 15) is 18.0 Å². The van der Waals surface area contributed by atoms with Crippen molar-refractivity contribution in [1.29, 1.82) is 0 Å². The van der Waals surface area contributed by atoms with Crippen molar-refractivity contribution in [1.82, 2.24) is 5.32 Å². The van der Waals surface area contributed by atoms with Gasteiger partial charge in [0.1, 0.15) is 0 Å². The minimum atomic E-state index is -4.36. The molecule has 2 N–H and O–H groups in total. The number of benzene rings is 1. The van der Waals surface area contributed by atoms with Gasteiger partial charge in [0.2, 0.25) is 5.91 Å². The molecule has 1 aromatic rings. The summed E-state index contributed by atoms with van der Waals surface area (Å²) >= 11 is 0. The second-order valence-electron chi connectivity index (χ2n) is 4.97. The summed E-state index contributed by atoms with van der Waals surface area (Å²) in [6.07, 6.45) is -4.07. The monoisotopic (exact) mass is 288 g/mol. The first kappa shape index (κ1) is 16.5. The van der Waals surface area contributed by atoms with Crippen LogP contribution in [0.2, 0.25) is 0 Å². The smallest absolute Gasteiger partial charge is 0.326 e. The topological polar surface area (TPSA) is 41.1 Å². The highest BCUT2D eigenvalue weighted by Crippen LogP contribution is 2.29. The number of hydrogen-bond donors (Lipinski definition) is 2. The molecule has 0 unspecified atom stereocenters. The lowest BCUT2D eigenvalue weighted by Crippen LogP contribution is -2.24. The van der Waals surface area contributed by atoms with Crippen LogP contribution in [0.3, 0.4) is 0 Å². The van der Waals surface area contributed by atoms with Crippen LogP contribution in [0, 0.1) is 5.92 Å². The third kappa shape index (κ3) is 6.06. The summed E-state index contributed by atoms with van der Waals surface area (Å²) < 4.78 is 37.1. The van der Waals surface area contributed by atoms with Crippen LogP contribution in [-0.4, -0.2) is 19.0 Å². The number of rotatable bonds is 6. The van der Waals surface area contributed by atoms with Crippen LogP contribution in [0.1, 0.15) is 25.8 Å². The zero-order chi connectivity index (χ0) is 15.2. The minimum absolute atomic E-state index is 0.221. The Morgan fingerprint density at radius 3 is 2.30 bits per heavy atom. The van der Waals surface area contributed by atoms with Crippen LogP contribution in [0.25, 0.3) is 0 Å². The Morgan fingerprint density at radius 1 is 1.20 bits per heavy atom. The van der Waals surface area contributed by atoms with E-state index in [1.165, 1.54) is 12.1 Å². The van der Waals surface area contributed by atoms with Crippen LogP contribution in [-0.2, 0) is 11.0 Å². The molecule has 0 saturated heterocycles. The Kier molecular flexibility index (Phi) is 6.01. The van der Waals surface area contributed by atoms with E-state index in [0.717, 1.165) is 18.7 Å². The molecule has 0 fully saturated rings. The van der Waals surface area contributed by atoms with Gasteiger partial charge in [-0.25, -0.2) is 0 Å². The Morgan fingerprint density at radius 2 is 1.80 bits per heavy atom. The molecule has 20 heavy (non-hydrogen) atoms. The molecule has 0 radical (unpaired) electrons. The fourth-order valence-corrected chi connectivity index (χ4v) is 1.56. The molecule has 1 amide bonds. The van der Waals surface area contributed by atoms with Gasteiger partial charge in [-0.15, -0.1) is 0 Å². The molecule has 0 aliphatic rings. The second kappa shape index (κ2) is 7.28. The zero-order valence-corrected chi connectivity index (χ0v) is 11.6. The maximum absolute atomic E-state index is 12.4. The molecule has 112 valence electrons. The highest BCUT2D eigenvalue weighted by Gasteiger charge is 2.29. The highest BCUT2D eigenvalue weighted by molar-refractivity contribution is 5.90. The van der Waals surface area contributed by atoms with E-state index in [-0.39, 0.29) is 12.3 Å². The van der Waals surface area contributed by atoms with E-state index in [1.807, 2.05) is 0 Å². The van der Waals surface area contributed by atoms with Crippen molar-refractivity contribution in [2.75, 3.05) is 18.4 Å². The van der Waals surface area contributed by atoms with Crippen molar-refractivity contribution in [3.05, 3.63) is 29.8 Å². The summed E-state index contributed by atoms with van der Waals surface area (Å²) in [4.78, 5) is 11.6. The molecule has 0 spiro atoms. The van der Waals surface area contributed by atoms with E-state index in [2.05, 4.69) is 24.5 Å². The van der Waals surface area contributed by atoms with Crippen molar-refractivity contribution < 1.29 is 18.0 Å². The molecule has 0 aliphatic carbocycles. The van der Waals surface area contributed by atoms with Gasteiger partial charge in [0.05, 0.1) is 5.56 Å². The summed E-state index contributed by atoms with van der Waals surface area (Å²) in [7, 11) is 0. The maximum Gasteiger partial charge on any atom is 0.416 e. The highest BCUT2D eigenvalue weighted by atomic mass is 19.4. The number of carbonyl (C=O) groups excluding carboxylic acids is 1. The molecule has 1 rings (SSSR count). The van der Waals surface area contributed by atoms with Crippen molar-refractivity contribution in [3.63, 3.8) is 0 Å². The average Bonchev–Trinajstić information content (AvgIpc) is 2.34. The molecule has 0 atom stereocenters. The van der Waals surface area contributed by atoms with Gasteiger partial charge in [-0.3, -0.25) is 4.79 Å². The lowest BCUT2D eigenvalue weighted by atomic mass is 10.2. The third-order valence-electron chi connectivity index (χ3n) is 2.58. The normalized spacial score (nSPS) is 11.7. The predicted molar refractivity (Wildman–Crippen MR) is 72.4 cm³/mol. The van der Waals surface area contributed by atoms with Crippen LogP contribution >= 0.6 is 0 Å². The van der Waals surface area contributed by atoms with Crippen molar-refractivity contribution in [2.45, 2.75) is 26.4 Å². The Hall–Kier alpha value is -1.56. The SMILES string of the molecule is CC(C)CNCCC(=O)Nc1ccc(C(F)(F)F)cc1. The first-order valence-corrected chi connectivity index (χ1v) is 6.47. The quantitative estimate of drug-likeness (QED) is 0.789. The summed E-state index contributed by atoms with van der Waals surface area (Å²) in [5.74, 6) is 0.286. The lowest BCUT2D eigenvalue weighted by molar-refractivity contribution is -0.137. The van der Waals surface area contributed by atoms with E-state index in [1.54, 1.807) is 0 Å². The second-order valence-corrected chi connectivity index (χ2v) is 4.97. The van der Waals surface area contributed by atoms with Gasteiger partial charge in [-0.1, -0.05) is 13.8 Å². The molecular weight excluding hydrogens is 269 g/mol. The first-order chi connectivity index (χ1) is 9.29. The summed E-state index contributed by atoms with van der Waals surface area (Å²) in [6, 6.07) is 4.41. The molecule has 6 heteroatoms. The van der Waals surface area contributed by atoms with Gasteiger partial charge < -0.3 is 10.6 Å². The summed E-state index contributed by atoms with van der Waals surface area (Å²) in [5.41, 5.74) is -0.360. The number of hydrogen-bond acceptors (Lipinski definition) is 2. The first-order valence-electron chi connectivity index (χ1n) is 6.47. The number of halogens is 3. The van der Waals surface area contributed by atoms with Crippen LogP contribution in [0.4, 0.5) is 18.9 Å². The van der Waals surface area contributed by atoms with E-state index < -0.39 is 11.7 Å². The van der Waals surface area contributed by atoms with Gasteiger partial charge >= 0.3 is 6.18 Å². The van der Waals surface area contributed by atoms with Crippen LogP contribution < -0.4 is 10.6 Å². The summed E-state index contributed by atoms with van der Waals surface area (Å²) in [6.45, 7) is 5.50. The molecule has 0 saturated carbocycles. The van der Waals surface area contributed by atoms with Gasteiger partial charge in [-0.2, -0.15) is 13.2 Å². The fraction of sp³-hybridized carbons (Fsp3) is 0.500. The van der Waals surface area contributed by atoms with Gasteiger partial charge in [-0.05, 0) is 36.7 Å². The molecule has 0 aromatic heterocycles. The standard InChI is InChI=1S/C14H19F3N2O/c1-10(2)9-18-8-7-13(20)19-12-5-3-11(4-6-12)14(15,16)17/h3-6,10,18H,7-9H2,1-2H3,(H,19,20). The number of alkyl halides is 3. The number of carbonyl (C=O) groups is 1. The zero-order valence-electron chi connectivity index (χ0n) is 11.6. The lowest BCUT2D eigenvalue weighted by Gasteiger charge is -2.09. The van der Waals surface area contributed by atoms with Gasteiger partial charge in [0.25, 0.3) is 0 Å². The number of nitrogens with one attached hydrogen (secondary N) is 2. The molecular formula is C14H19F3N2O. The van der Waals surface area contributed by atoms with E-state index >= 15 is 0 Å².